The molecule has 66 valence electrons. The highest BCUT2D eigenvalue weighted by atomic mass is 14.4. The third-order valence-electron chi connectivity index (χ3n) is 2.76. The summed E-state index contributed by atoms with van der Waals surface area (Å²) < 4.78 is 0. The van der Waals surface area contributed by atoms with Crippen molar-refractivity contribution in [3.63, 3.8) is 0 Å². The van der Waals surface area contributed by atoms with Crippen LogP contribution in [-0.2, 0) is 0 Å². The molecular formula is C12H13N. The third kappa shape index (κ3) is 1.58. The summed E-state index contributed by atoms with van der Waals surface area (Å²) in [7, 11) is 0. The van der Waals surface area contributed by atoms with Crippen LogP contribution in [-0.4, -0.2) is 0 Å². The van der Waals surface area contributed by atoms with E-state index in [1.54, 1.807) is 0 Å². The summed E-state index contributed by atoms with van der Waals surface area (Å²) in [6.07, 6.45) is 2.46. The first-order valence-electron chi connectivity index (χ1n) is 4.78. The van der Waals surface area contributed by atoms with E-state index in [9.17, 15) is 0 Å². The molecule has 1 unspecified atom stereocenters. The van der Waals surface area contributed by atoms with Gasteiger partial charge in [0.05, 0.1) is 12.0 Å². The Morgan fingerprint density at radius 1 is 1.38 bits per heavy atom. The molecule has 1 aliphatic carbocycles. The van der Waals surface area contributed by atoms with Crippen molar-refractivity contribution in [2.24, 2.45) is 5.92 Å². The zero-order valence-corrected chi connectivity index (χ0v) is 7.83. The maximum Gasteiger partial charge on any atom is 0.0743 e. The normalized spacial score (nSPS) is 17.8. The molecule has 0 aliphatic heterocycles. The first kappa shape index (κ1) is 8.31. The second-order valence-corrected chi connectivity index (χ2v) is 3.80. The van der Waals surface area contributed by atoms with E-state index in [0.29, 0.717) is 5.92 Å². The molecule has 0 saturated heterocycles. The van der Waals surface area contributed by atoms with E-state index in [0.717, 1.165) is 0 Å². The second kappa shape index (κ2) is 3.22. The maximum absolute atomic E-state index is 9.06. The van der Waals surface area contributed by atoms with Gasteiger partial charge in [0.2, 0.25) is 0 Å². The van der Waals surface area contributed by atoms with Gasteiger partial charge in [0.15, 0.2) is 0 Å². The molecular weight excluding hydrogens is 158 g/mol. The Hall–Kier alpha value is -1.29. The van der Waals surface area contributed by atoms with Gasteiger partial charge in [-0.05, 0) is 36.8 Å². The molecule has 1 atom stereocenters. The zero-order valence-electron chi connectivity index (χ0n) is 7.83. The Labute approximate surface area is 79.0 Å². The number of nitriles is 1. The molecule has 1 fully saturated rings. The molecule has 1 saturated carbocycles. The molecule has 0 aromatic heterocycles. The lowest BCUT2D eigenvalue weighted by molar-refractivity contribution is 0.735. The Balaban J connectivity index is 2.33. The Morgan fingerprint density at radius 3 is 2.62 bits per heavy atom. The first-order chi connectivity index (χ1) is 6.33. The Kier molecular flexibility index (Phi) is 2.06. The third-order valence-corrected chi connectivity index (χ3v) is 2.76. The smallest absolute Gasteiger partial charge is 0.0743 e. The highest BCUT2D eigenvalue weighted by Gasteiger charge is 2.32. The van der Waals surface area contributed by atoms with E-state index >= 15 is 0 Å². The van der Waals surface area contributed by atoms with Crippen LogP contribution in [0.5, 0.6) is 0 Å². The van der Waals surface area contributed by atoms with E-state index in [1.165, 1.54) is 24.0 Å². The molecule has 2 rings (SSSR count). The second-order valence-electron chi connectivity index (χ2n) is 3.80. The fraction of sp³-hybridized carbons (Fsp3) is 0.417. The van der Waals surface area contributed by atoms with Gasteiger partial charge in [0.1, 0.15) is 0 Å². The average molecular weight is 171 g/mol. The molecule has 1 heteroatoms. The van der Waals surface area contributed by atoms with Crippen LogP contribution in [0.25, 0.3) is 0 Å². The molecule has 1 nitrogen and oxygen atoms in total. The van der Waals surface area contributed by atoms with Gasteiger partial charge in [-0.15, -0.1) is 0 Å². The molecule has 0 amide bonds. The van der Waals surface area contributed by atoms with Crippen molar-refractivity contribution < 1.29 is 0 Å². The minimum atomic E-state index is 0.140. The molecule has 13 heavy (non-hydrogen) atoms. The largest absolute Gasteiger partial charge is 0.198 e. The topological polar surface area (TPSA) is 23.8 Å². The molecule has 1 aromatic carbocycles. The predicted octanol–water partition coefficient (Wildman–Crippen LogP) is 3.01. The van der Waals surface area contributed by atoms with Gasteiger partial charge in [-0.2, -0.15) is 5.26 Å². The van der Waals surface area contributed by atoms with E-state index in [-0.39, 0.29) is 5.92 Å². The van der Waals surface area contributed by atoms with Gasteiger partial charge < -0.3 is 0 Å². The summed E-state index contributed by atoms with van der Waals surface area (Å²) >= 11 is 0. The lowest BCUT2D eigenvalue weighted by Crippen LogP contribution is -1.99. The van der Waals surface area contributed by atoms with Crippen LogP contribution in [0.2, 0.25) is 0 Å². The number of benzene rings is 1. The molecule has 0 spiro atoms. The summed E-state index contributed by atoms with van der Waals surface area (Å²) in [5, 5.41) is 9.06. The van der Waals surface area contributed by atoms with Crippen LogP contribution in [0.1, 0.15) is 29.9 Å². The molecule has 0 N–H and O–H groups in total. The van der Waals surface area contributed by atoms with E-state index in [2.05, 4.69) is 25.1 Å². The fourth-order valence-electron chi connectivity index (χ4n) is 1.79. The quantitative estimate of drug-likeness (QED) is 0.671. The fourth-order valence-corrected chi connectivity index (χ4v) is 1.79. The van der Waals surface area contributed by atoms with Crippen molar-refractivity contribution in [2.45, 2.75) is 25.7 Å². The highest BCUT2D eigenvalue weighted by Crippen LogP contribution is 2.42. The lowest BCUT2D eigenvalue weighted by Gasteiger charge is -2.10. The van der Waals surface area contributed by atoms with Gasteiger partial charge in [0.25, 0.3) is 0 Å². The monoisotopic (exact) mass is 171 g/mol. The van der Waals surface area contributed by atoms with Crippen LogP contribution < -0.4 is 0 Å². The Morgan fingerprint density at radius 2 is 2.08 bits per heavy atom. The molecule has 0 heterocycles. The van der Waals surface area contributed by atoms with E-state index < -0.39 is 0 Å². The summed E-state index contributed by atoms with van der Waals surface area (Å²) in [6.45, 7) is 2.09. The van der Waals surface area contributed by atoms with E-state index in [1.807, 2.05) is 12.1 Å². The van der Waals surface area contributed by atoms with Crippen molar-refractivity contribution in [2.75, 3.05) is 0 Å². The molecule has 1 aliphatic rings. The highest BCUT2D eigenvalue weighted by molar-refractivity contribution is 5.34. The Bertz CT molecular complexity index is 344. The van der Waals surface area contributed by atoms with E-state index in [4.69, 9.17) is 5.26 Å². The lowest BCUT2D eigenvalue weighted by atomic mass is 9.92. The van der Waals surface area contributed by atoms with Gasteiger partial charge in [0, 0.05) is 0 Å². The molecule has 1 aromatic rings. The van der Waals surface area contributed by atoms with Crippen molar-refractivity contribution in [3.8, 4) is 6.07 Å². The predicted molar refractivity (Wildman–Crippen MR) is 52.3 cm³/mol. The van der Waals surface area contributed by atoms with Gasteiger partial charge in [-0.1, -0.05) is 24.3 Å². The van der Waals surface area contributed by atoms with Crippen molar-refractivity contribution >= 4 is 0 Å². The van der Waals surface area contributed by atoms with Gasteiger partial charge in [-0.25, -0.2) is 0 Å². The summed E-state index contributed by atoms with van der Waals surface area (Å²) in [5.74, 6) is 0.771. The molecule has 0 radical (unpaired) electrons. The van der Waals surface area contributed by atoms with Crippen LogP contribution in [0.15, 0.2) is 24.3 Å². The van der Waals surface area contributed by atoms with Crippen molar-refractivity contribution in [1.29, 1.82) is 5.26 Å². The SMILES string of the molecule is Cc1ccccc1C(C#N)C1CC1. The van der Waals surface area contributed by atoms with Crippen LogP contribution in [0.4, 0.5) is 0 Å². The van der Waals surface area contributed by atoms with Gasteiger partial charge in [-0.3, -0.25) is 0 Å². The average Bonchev–Trinajstić information content (AvgIpc) is 2.93. The zero-order chi connectivity index (χ0) is 9.26. The van der Waals surface area contributed by atoms with Crippen LogP contribution >= 0.6 is 0 Å². The number of rotatable bonds is 2. The standard InChI is InChI=1S/C12H13N/c1-9-4-2-3-5-11(9)12(8-13)10-6-7-10/h2-5,10,12H,6-7H2,1H3. The maximum atomic E-state index is 9.06. The number of hydrogen-bond donors (Lipinski definition) is 0. The number of aryl methyl sites for hydroxylation is 1. The minimum Gasteiger partial charge on any atom is -0.198 e. The minimum absolute atomic E-state index is 0.140. The molecule has 0 bridgehead atoms. The summed E-state index contributed by atoms with van der Waals surface area (Å²) in [5.41, 5.74) is 2.48. The first-order valence-corrected chi connectivity index (χ1v) is 4.78. The van der Waals surface area contributed by atoms with Crippen LogP contribution in [0, 0.1) is 24.2 Å². The van der Waals surface area contributed by atoms with Crippen molar-refractivity contribution in [3.05, 3.63) is 35.4 Å². The number of hydrogen-bond acceptors (Lipinski definition) is 1. The summed E-state index contributed by atoms with van der Waals surface area (Å²) in [4.78, 5) is 0. The van der Waals surface area contributed by atoms with Crippen LogP contribution in [0.3, 0.4) is 0 Å². The van der Waals surface area contributed by atoms with Crippen molar-refractivity contribution in [1.82, 2.24) is 0 Å². The summed E-state index contributed by atoms with van der Waals surface area (Å²) in [6, 6.07) is 10.6. The number of nitrogens with zero attached hydrogens (tertiary/aromatic N) is 1. The van der Waals surface area contributed by atoms with Gasteiger partial charge >= 0.3 is 0 Å².